The van der Waals surface area contributed by atoms with E-state index in [1.807, 2.05) is 16.7 Å². The van der Waals surface area contributed by atoms with Gasteiger partial charge in [-0.3, -0.25) is 0 Å². The van der Waals surface area contributed by atoms with Crippen LogP contribution in [0.5, 0.6) is 0 Å². The number of halogens is 3. The van der Waals surface area contributed by atoms with E-state index in [1.165, 1.54) is 42.5 Å². The highest BCUT2D eigenvalue weighted by Crippen LogP contribution is 2.18. The summed E-state index contributed by atoms with van der Waals surface area (Å²) in [4.78, 5) is 5.92. The summed E-state index contributed by atoms with van der Waals surface area (Å²) in [6, 6.07) is 18.8. The number of benzene rings is 3. The molecule has 0 saturated carbocycles. The molecule has 9 heteroatoms. The van der Waals surface area contributed by atoms with Crippen molar-refractivity contribution < 1.29 is 13.2 Å². The van der Waals surface area contributed by atoms with Crippen molar-refractivity contribution in [1.82, 2.24) is 14.5 Å². The molecular weight excluding hydrogens is 483 g/mol. The maximum atomic E-state index is 14.4. The van der Waals surface area contributed by atoms with Crippen molar-refractivity contribution in [3.63, 3.8) is 0 Å². The van der Waals surface area contributed by atoms with Gasteiger partial charge in [0.25, 0.3) is 0 Å². The Bertz CT molecular complexity index is 1360. The molecule has 0 fully saturated rings. The van der Waals surface area contributed by atoms with E-state index in [9.17, 15) is 13.2 Å². The number of aromatic nitrogens is 2. The molecule has 0 radical (unpaired) electrons. The Kier molecular flexibility index (Phi) is 7.98. The predicted octanol–water partition coefficient (Wildman–Crippen LogP) is 5.66. The molecule has 36 heavy (non-hydrogen) atoms. The molecule has 1 aromatic heterocycles. The number of nitrogens with one attached hydrogen (secondary N) is 1. The Morgan fingerprint density at radius 1 is 1.00 bits per heavy atom. The van der Waals surface area contributed by atoms with Gasteiger partial charge in [-0.15, -0.1) is 0 Å². The first-order chi connectivity index (χ1) is 17.4. The van der Waals surface area contributed by atoms with E-state index in [0.717, 1.165) is 11.3 Å². The number of hydrogen-bond acceptors (Lipinski definition) is 3. The number of nitriles is 1. The van der Waals surface area contributed by atoms with Gasteiger partial charge in [0.2, 0.25) is 0 Å². The van der Waals surface area contributed by atoms with E-state index in [1.54, 1.807) is 29.6 Å². The number of nitrogens with zero attached hydrogens (tertiary/aromatic N) is 4. The summed E-state index contributed by atoms with van der Waals surface area (Å²) in [7, 11) is 0. The summed E-state index contributed by atoms with van der Waals surface area (Å²) in [5, 5.41) is 12.3. The fourth-order valence-electron chi connectivity index (χ4n) is 3.69. The minimum Gasteiger partial charge on any atom is -0.344 e. The number of rotatable bonds is 8. The molecule has 0 atom stereocenters. The molecule has 5 nitrogen and oxygen atoms in total. The molecular formula is C27H22F3N5S. The normalized spacial score (nSPS) is 10.6. The van der Waals surface area contributed by atoms with Gasteiger partial charge >= 0.3 is 0 Å². The number of hydrogen-bond donors (Lipinski definition) is 1. The molecule has 0 aliphatic carbocycles. The first-order valence-corrected chi connectivity index (χ1v) is 11.6. The molecule has 0 saturated heterocycles. The van der Waals surface area contributed by atoms with E-state index >= 15 is 0 Å². The molecule has 3 aromatic carbocycles. The Morgan fingerprint density at radius 2 is 1.69 bits per heavy atom. The maximum absolute atomic E-state index is 14.4. The van der Waals surface area contributed by atoms with Crippen LogP contribution in [0.15, 0.2) is 79.3 Å². The molecule has 0 amide bonds. The largest absolute Gasteiger partial charge is 0.344 e. The summed E-state index contributed by atoms with van der Waals surface area (Å²) in [5.41, 5.74) is 2.97. The van der Waals surface area contributed by atoms with Crippen LogP contribution in [0.3, 0.4) is 0 Å². The lowest BCUT2D eigenvalue weighted by Crippen LogP contribution is -2.36. The molecule has 0 bridgehead atoms. The minimum absolute atomic E-state index is 0.0880. The van der Waals surface area contributed by atoms with E-state index in [-0.39, 0.29) is 23.0 Å². The molecule has 4 rings (SSSR count). The molecule has 0 aliphatic heterocycles. The summed E-state index contributed by atoms with van der Waals surface area (Å²) in [5.74, 6) is -1.70. The van der Waals surface area contributed by atoms with Crippen molar-refractivity contribution >= 4 is 23.0 Å². The van der Waals surface area contributed by atoms with Gasteiger partial charge in [0, 0.05) is 42.7 Å². The lowest BCUT2D eigenvalue weighted by molar-refractivity contribution is 0.396. The highest BCUT2D eigenvalue weighted by Gasteiger charge is 2.17. The second-order valence-corrected chi connectivity index (χ2v) is 8.52. The second-order valence-electron chi connectivity index (χ2n) is 8.13. The van der Waals surface area contributed by atoms with Gasteiger partial charge in [0.05, 0.1) is 24.5 Å². The lowest BCUT2D eigenvalue weighted by Gasteiger charge is -2.26. The van der Waals surface area contributed by atoms with Crippen LogP contribution >= 0.6 is 12.2 Å². The third-order valence-corrected chi connectivity index (χ3v) is 6.03. The van der Waals surface area contributed by atoms with Gasteiger partial charge in [-0.05, 0) is 66.3 Å². The van der Waals surface area contributed by atoms with Crippen LogP contribution in [0.1, 0.15) is 22.4 Å². The van der Waals surface area contributed by atoms with Crippen LogP contribution in [0.4, 0.5) is 18.9 Å². The Hall–Kier alpha value is -4.16. The lowest BCUT2D eigenvalue weighted by atomic mass is 10.1. The fourth-order valence-corrected chi connectivity index (χ4v) is 3.97. The zero-order valence-corrected chi connectivity index (χ0v) is 20.0. The number of imidazole rings is 1. The van der Waals surface area contributed by atoms with Crippen molar-refractivity contribution in [2.45, 2.75) is 19.5 Å². The van der Waals surface area contributed by atoms with Crippen LogP contribution in [0.25, 0.3) is 0 Å². The monoisotopic (exact) mass is 505 g/mol. The molecule has 0 spiro atoms. The van der Waals surface area contributed by atoms with Crippen LogP contribution in [-0.2, 0) is 19.5 Å². The second kappa shape index (κ2) is 11.5. The van der Waals surface area contributed by atoms with Gasteiger partial charge in [-0.25, -0.2) is 18.2 Å². The summed E-state index contributed by atoms with van der Waals surface area (Å²) in [6.07, 6.45) is 3.95. The van der Waals surface area contributed by atoms with Crippen LogP contribution < -0.4 is 5.32 Å². The molecule has 1 N–H and O–H groups in total. The average molecular weight is 506 g/mol. The number of thiocarbonyl (C=S) groups is 1. The summed E-state index contributed by atoms with van der Waals surface area (Å²) in [6.45, 7) is 0.816. The number of anilines is 1. The van der Waals surface area contributed by atoms with Gasteiger partial charge in [0.15, 0.2) is 5.11 Å². The topological polar surface area (TPSA) is 56.9 Å². The van der Waals surface area contributed by atoms with E-state index in [2.05, 4.69) is 16.4 Å². The van der Waals surface area contributed by atoms with Gasteiger partial charge in [-0.1, -0.05) is 18.2 Å². The summed E-state index contributed by atoms with van der Waals surface area (Å²) < 4.78 is 44.1. The zero-order valence-electron chi connectivity index (χ0n) is 19.2. The Balaban J connectivity index is 1.51. The predicted molar refractivity (Wildman–Crippen MR) is 136 cm³/mol. The smallest absolute Gasteiger partial charge is 0.173 e. The van der Waals surface area contributed by atoms with E-state index < -0.39 is 11.6 Å². The van der Waals surface area contributed by atoms with Crippen molar-refractivity contribution in [1.29, 1.82) is 5.26 Å². The van der Waals surface area contributed by atoms with Crippen molar-refractivity contribution in [3.05, 3.63) is 119 Å². The quantitative estimate of drug-likeness (QED) is 0.313. The van der Waals surface area contributed by atoms with Gasteiger partial charge in [0.1, 0.15) is 17.5 Å². The maximum Gasteiger partial charge on any atom is 0.173 e. The first-order valence-electron chi connectivity index (χ1n) is 11.2. The van der Waals surface area contributed by atoms with Crippen LogP contribution in [0.2, 0.25) is 0 Å². The summed E-state index contributed by atoms with van der Waals surface area (Å²) >= 11 is 5.56. The third-order valence-electron chi connectivity index (χ3n) is 5.67. The van der Waals surface area contributed by atoms with Gasteiger partial charge < -0.3 is 14.8 Å². The third kappa shape index (κ3) is 6.29. The van der Waals surface area contributed by atoms with E-state index in [0.29, 0.717) is 30.8 Å². The fraction of sp³-hybridized carbons (Fsp3) is 0.148. The van der Waals surface area contributed by atoms with Crippen molar-refractivity contribution in [2.75, 3.05) is 11.9 Å². The van der Waals surface area contributed by atoms with E-state index in [4.69, 9.17) is 17.5 Å². The average Bonchev–Trinajstić information content (AvgIpc) is 3.32. The SMILES string of the molecule is N#Cc1ccc(Cn2cncc2CCN(Cc2c(F)cccc2F)C(=S)Nc2ccc(F)cc2)cc1. The van der Waals surface area contributed by atoms with Crippen molar-refractivity contribution in [3.8, 4) is 6.07 Å². The van der Waals surface area contributed by atoms with Crippen LogP contribution in [0, 0.1) is 28.8 Å². The highest BCUT2D eigenvalue weighted by atomic mass is 32.1. The standard InChI is InChI=1S/C27H22F3N5S/c28-21-8-10-22(11-9-21)33-27(36)34(17-24-25(29)2-1-3-26(24)30)13-12-23-15-32-18-35(23)16-20-6-4-19(14-31)5-7-20/h1-11,15,18H,12-13,16-17H2,(H,33,36). The molecule has 4 aromatic rings. The van der Waals surface area contributed by atoms with Crippen molar-refractivity contribution in [2.24, 2.45) is 0 Å². The molecule has 1 heterocycles. The molecule has 0 unspecified atom stereocenters. The first kappa shape index (κ1) is 24.9. The van der Waals surface area contributed by atoms with Gasteiger partial charge in [-0.2, -0.15) is 5.26 Å². The molecule has 182 valence electrons. The Labute approximate surface area is 212 Å². The highest BCUT2D eigenvalue weighted by molar-refractivity contribution is 7.80. The van der Waals surface area contributed by atoms with Crippen LogP contribution in [-0.4, -0.2) is 26.1 Å². The zero-order chi connectivity index (χ0) is 25.5. The Morgan fingerprint density at radius 3 is 2.36 bits per heavy atom. The molecule has 0 aliphatic rings. The minimum atomic E-state index is -0.657.